The molecule has 0 aliphatic heterocycles. The second-order valence-electron chi connectivity index (χ2n) is 4.39. The van der Waals surface area contributed by atoms with Crippen molar-refractivity contribution in [1.29, 1.82) is 0 Å². The fraction of sp³-hybridized carbons (Fsp3) is 0.833. The van der Waals surface area contributed by atoms with Crippen LogP contribution in [0.3, 0.4) is 0 Å². The van der Waals surface area contributed by atoms with E-state index in [9.17, 15) is 9.59 Å². The summed E-state index contributed by atoms with van der Waals surface area (Å²) in [5.74, 6) is -0.675. The van der Waals surface area contributed by atoms with Gasteiger partial charge in [0.25, 0.3) is 0 Å². The van der Waals surface area contributed by atoms with E-state index in [2.05, 4.69) is 4.74 Å². The zero-order valence-corrected chi connectivity index (χ0v) is 10.8. The highest BCUT2D eigenvalue weighted by Crippen LogP contribution is 2.27. The van der Waals surface area contributed by atoms with Crippen LogP contribution in [-0.2, 0) is 19.1 Å². The highest BCUT2D eigenvalue weighted by molar-refractivity contribution is 5.73. The molecule has 0 radical (unpaired) electrons. The van der Waals surface area contributed by atoms with Gasteiger partial charge in [-0.15, -0.1) is 0 Å². The third-order valence-electron chi connectivity index (χ3n) is 2.81. The van der Waals surface area contributed by atoms with Gasteiger partial charge >= 0.3 is 11.9 Å². The summed E-state index contributed by atoms with van der Waals surface area (Å²) in [4.78, 5) is 24.8. The predicted octanol–water partition coefficient (Wildman–Crippen LogP) is 0.823. The lowest BCUT2D eigenvalue weighted by Gasteiger charge is -2.23. The van der Waals surface area contributed by atoms with Gasteiger partial charge in [-0.25, -0.2) is 0 Å². The first-order chi connectivity index (χ1) is 8.08. The number of carbonyl (C=O) groups excluding carboxylic acids is 2. The number of hydrogen-bond acceptors (Lipinski definition) is 5. The Morgan fingerprint density at radius 1 is 1.41 bits per heavy atom. The molecule has 1 aliphatic rings. The summed E-state index contributed by atoms with van der Waals surface area (Å²) in [6.07, 6.45) is 2.18. The molecule has 5 heteroatoms. The summed E-state index contributed by atoms with van der Waals surface area (Å²) in [5.41, 5.74) is 0. The van der Waals surface area contributed by atoms with Crippen LogP contribution in [0.25, 0.3) is 0 Å². The molecule has 1 saturated carbocycles. The van der Waals surface area contributed by atoms with Gasteiger partial charge in [0.15, 0.2) is 0 Å². The van der Waals surface area contributed by atoms with Crippen LogP contribution in [0.5, 0.6) is 0 Å². The molecule has 1 unspecified atom stereocenters. The van der Waals surface area contributed by atoms with E-state index in [0.717, 1.165) is 12.8 Å². The van der Waals surface area contributed by atoms with Gasteiger partial charge in [0.2, 0.25) is 0 Å². The first kappa shape index (κ1) is 14.0. The highest BCUT2D eigenvalue weighted by atomic mass is 16.5. The molecule has 0 heterocycles. The van der Waals surface area contributed by atoms with Crippen LogP contribution < -0.4 is 0 Å². The molecule has 1 aliphatic carbocycles. The lowest BCUT2D eigenvalue weighted by atomic mass is 10.1. The lowest BCUT2D eigenvalue weighted by molar-refractivity contribution is -0.148. The van der Waals surface area contributed by atoms with Gasteiger partial charge in [-0.05, 0) is 19.8 Å². The van der Waals surface area contributed by atoms with Crippen LogP contribution in [0.2, 0.25) is 0 Å². The standard InChI is InChI=1S/C12H21NO4/c1-4-17-11(14)8-13(10-5-6-10)7-9(2)12(15)16-3/h9-10H,4-8H2,1-3H3. The van der Waals surface area contributed by atoms with Gasteiger partial charge in [-0.3, -0.25) is 14.5 Å². The van der Waals surface area contributed by atoms with Crippen LogP contribution >= 0.6 is 0 Å². The molecular formula is C12H21NO4. The van der Waals surface area contributed by atoms with E-state index in [4.69, 9.17) is 4.74 Å². The molecule has 0 spiro atoms. The number of esters is 2. The average molecular weight is 243 g/mol. The summed E-state index contributed by atoms with van der Waals surface area (Å²) in [6, 6.07) is 0.423. The predicted molar refractivity (Wildman–Crippen MR) is 62.4 cm³/mol. The number of nitrogens with zero attached hydrogens (tertiary/aromatic N) is 1. The largest absolute Gasteiger partial charge is 0.469 e. The minimum Gasteiger partial charge on any atom is -0.469 e. The molecule has 1 fully saturated rings. The summed E-state index contributed by atoms with van der Waals surface area (Å²) in [7, 11) is 1.38. The van der Waals surface area contributed by atoms with Crippen LogP contribution in [0.4, 0.5) is 0 Å². The zero-order chi connectivity index (χ0) is 12.8. The van der Waals surface area contributed by atoms with E-state index in [1.165, 1.54) is 7.11 Å². The van der Waals surface area contributed by atoms with E-state index in [0.29, 0.717) is 19.2 Å². The Labute approximate surface area is 102 Å². The molecule has 0 bridgehead atoms. The van der Waals surface area contributed by atoms with Crippen molar-refractivity contribution in [2.45, 2.75) is 32.7 Å². The summed E-state index contributed by atoms with van der Waals surface area (Å²) >= 11 is 0. The zero-order valence-electron chi connectivity index (χ0n) is 10.8. The molecule has 0 aromatic rings. The molecule has 0 aromatic heterocycles. The molecule has 98 valence electrons. The SMILES string of the molecule is CCOC(=O)CN(CC(C)C(=O)OC)C1CC1. The van der Waals surface area contributed by atoms with Crippen molar-refractivity contribution in [3.05, 3.63) is 0 Å². The number of methoxy groups -OCH3 is 1. The van der Waals surface area contributed by atoms with Gasteiger partial charge in [-0.1, -0.05) is 6.92 Å². The lowest BCUT2D eigenvalue weighted by Crippen LogP contribution is -2.38. The first-order valence-electron chi connectivity index (χ1n) is 6.06. The molecule has 0 N–H and O–H groups in total. The van der Waals surface area contributed by atoms with Crippen molar-refractivity contribution < 1.29 is 19.1 Å². The van der Waals surface area contributed by atoms with Crippen LogP contribution in [0.1, 0.15) is 26.7 Å². The van der Waals surface area contributed by atoms with E-state index in [1.807, 2.05) is 11.8 Å². The Morgan fingerprint density at radius 2 is 2.06 bits per heavy atom. The molecule has 1 rings (SSSR count). The van der Waals surface area contributed by atoms with Crippen molar-refractivity contribution in [2.24, 2.45) is 5.92 Å². The minimum absolute atomic E-state index is 0.213. The molecule has 0 aromatic carbocycles. The van der Waals surface area contributed by atoms with Gasteiger partial charge < -0.3 is 9.47 Å². The number of rotatable bonds is 7. The fourth-order valence-electron chi connectivity index (χ4n) is 1.78. The number of carbonyl (C=O) groups is 2. The van der Waals surface area contributed by atoms with Gasteiger partial charge in [0.1, 0.15) is 0 Å². The Morgan fingerprint density at radius 3 is 2.53 bits per heavy atom. The molecule has 1 atom stereocenters. The topological polar surface area (TPSA) is 55.8 Å². The van der Waals surface area contributed by atoms with Crippen LogP contribution in [0.15, 0.2) is 0 Å². The van der Waals surface area contributed by atoms with Crippen molar-refractivity contribution in [2.75, 3.05) is 26.8 Å². The molecule has 5 nitrogen and oxygen atoms in total. The summed E-state index contributed by atoms with van der Waals surface area (Å²) in [5, 5.41) is 0. The van der Waals surface area contributed by atoms with Gasteiger partial charge in [0, 0.05) is 12.6 Å². The quantitative estimate of drug-likeness (QED) is 0.620. The maximum absolute atomic E-state index is 11.4. The Bertz CT molecular complexity index is 276. The van der Waals surface area contributed by atoms with Crippen molar-refractivity contribution in [3.8, 4) is 0 Å². The molecule has 0 saturated heterocycles. The van der Waals surface area contributed by atoms with Crippen LogP contribution in [-0.4, -0.2) is 49.7 Å². The van der Waals surface area contributed by atoms with E-state index in [1.54, 1.807) is 6.92 Å². The van der Waals surface area contributed by atoms with E-state index >= 15 is 0 Å². The number of hydrogen-bond donors (Lipinski definition) is 0. The monoisotopic (exact) mass is 243 g/mol. The summed E-state index contributed by atoms with van der Waals surface area (Å²) in [6.45, 7) is 4.81. The summed E-state index contributed by atoms with van der Waals surface area (Å²) < 4.78 is 9.61. The molecular weight excluding hydrogens is 222 g/mol. The van der Waals surface area contributed by atoms with Gasteiger partial charge in [0.05, 0.1) is 26.2 Å². The van der Waals surface area contributed by atoms with Crippen molar-refractivity contribution >= 4 is 11.9 Å². The normalized spacial score (nSPS) is 16.7. The Balaban J connectivity index is 2.43. The molecule has 17 heavy (non-hydrogen) atoms. The van der Waals surface area contributed by atoms with Crippen molar-refractivity contribution in [3.63, 3.8) is 0 Å². The smallest absolute Gasteiger partial charge is 0.320 e. The third-order valence-corrected chi connectivity index (χ3v) is 2.81. The third kappa shape index (κ3) is 4.73. The van der Waals surface area contributed by atoms with Crippen molar-refractivity contribution in [1.82, 2.24) is 4.90 Å². The first-order valence-corrected chi connectivity index (χ1v) is 6.06. The average Bonchev–Trinajstić information content (AvgIpc) is 3.11. The van der Waals surface area contributed by atoms with E-state index < -0.39 is 0 Å². The van der Waals surface area contributed by atoms with E-state index in [-0.39, 0.29) is 24.4 Å². The van der Waals surface area contributed by atoms with Crippen LogP contribution in [0, 0.1) is 5.92 Å². The Kier molecular flexibility index (Phi) is 5.41. The number of ether oxygens (including phenoxy) is 2. The maximum atomic E-state index is 11.4. The minimum atomic E-state index is -0.237. The maximum Gasteiger partial charge on any atom is 0.320 e. The second kappa shape index (κ2) is 6.59. The molecule has 0 amide bonds. The second-order valence-corrected chi connectivity index (χ2v) is 4.39. The fourth-order valence-corrected chi connectivity index (χ4v) is 1.78. The van der Waals surface area contributed by atoms with Gasteiger partial charge in [-0.2, -0.15) is 0 Å². The Hall–Kier alpha value is -1.10. The highest BCUT2D eigenvalue weighted by Gasteiger charge is 2.32.